The van der Waals surface area contributed by atoms with E-state index >= 15 is 0 Å². The van der Waals surface area contributed by atoms with Crippen molar-refractivity contribution in [2.24, 2.45) is 0 Å². The molecule has 0 radical (unpaired) electrons. The molecule has 0 spiro atoms. The molecule has 1 atom stereocenters. The molecular weight excluding hydrogens is 365 g/mol. The molecule has 0 aromatic carbocycles. The molecular formula is C16H24F5NO4. The van der Waals surface area contributed by atoms with E-state index in [0.29, 0.717) is 13.0 Å². The Kier molecular flexibility index (Phi) is 9.19. The summed E-state index contributed by atoms with van der Waals surface area (Å²) >= 11 is 0. The van der Waals surface area contributed by atoms with Gasteiger partial charge < -0.3 is 9.84 Å². The van der Waals surface area contributed by atoms with Crippen LogP contribution in [0.25, 0.3) is 0 Å². The highest BCUT2D eigenvalue weighted by Gasteiger charge is 2.56. The normalized spacial score (nSPS) is 14.6. The zero-order valence-corrected chi connectivity index (χ0v) is 14.7. The van der Waals surface area contributed by atoms with Crippen molar-refractivity contribution in [2.45, 2.75) is 70.2 Å². The molecule has 0 amide bonds. The number of hydrogen-bond acceptors (Lipinski definition) is 4. The maximum atomic E-state index is 13.0. The second-order valence-electron chi connectivity index (χ2n) is 6.13. The standard InChI is InChI=1S/C16H24F5NO4/c1-4-5-9-22-14(3,26-13(25)11(2)10-12(23)24)7-6-8-15(17,18)16(19,20)21/h22H,2,4-10H2,1,3H3,(H,23,24). The highest BCUT2D eigenvalue weighted by atomic mass is 19.4. The van der Waals surface area contributed by atoms with Crippen molar-refractivity contribution in [1.29, 1.82) is 0 Å². The number of carbonyl (C=O) groups excluding carboxylic acids is 1. The van der Waals surface area contributed by atoms with Gasteiger partial charge in [0.1, 0.15) is 0 Å². The molecule has 2 N–H and O–H groups in total. The first kappa shape index (κ1) is 24.3. The van der Waals surface area contributed by atoms with Crippen molar-refractivity contribution >= 4 is 11.9 Å². The zero-order valence-electron chi connectivity index (χ0n) is 14.7. The van der Waals surface area contributed by atoms with Gasteiger partial charge in [-0.25, -0.2) is 4.79 Å². The van der Waals surface area contributed by atoms with Crippen LogP contribution in [0.5, 0.6) is 0 Å². The number of carboxylic acids is 1. The molecule has 26 heavy (non-hydrogen) atoms. The summed E-state index contributed by atoms with van der Waals surface area (Å²) in [5.74, 6) is -7.20. The molecule has 0 heterocycles. The molecule has 0 saturated heterocycles. The first-order chi connectivity index (χ1) is 11.7. The van der Waals surface area contributed by atoms with Gasteiger partial charge >= 0.3 is 24.0 Å². The minimum atomic E-state index is -5.65. The average Bonchev–Trinajstić information content (AvgIpc) is 2.45. The Labute approximate surface area is 148 Å². The minimum Gasteiger partial charge on any atom is -0.481 e. The third-order valence-electron chi connectivity index (χ3n) is 3.56. The van der Waals surface area contributed by atoms with E-state index in [1.165, 1.54) is 6.92 Å². The number of alkyl halides is 5. The molecule has 1 unspecified atom stereocenters. The predicted molar refractivity (Wildman–Crippen MR) is 83.7 cm³/mol. The summed E-state index contributed by atoms with van der Waals surface area (Å²) < 4.78 is 67.8. The van der Waals surface area contributed by atoms with Crippen LogP contribution in [0.4, 0.5) is 22.0 Å². The fourth-order valence-electron chi connectivity index (χ4n) is 2.03. The summed E-state index contributed by atoms with van der Waals surface area (Å²) in [6.45, 7) is 6.82. The molecule has 0 aliphatic rings. The molecule has 0 bridgehead atoms. The second-order valence-corrected chi connectivity index (χ2v) is 6.13. The first-order valence-electron chi connectivity index (χ1n) is 8.06. The smallest absolute Gasteiger partial charge is 0.453 e. The van der Waals surface area contributed by atoms with Crippen LogP contribution < -0.4 is 5.32 Å². The Bertz CT molecular complexity index is 507. The lowest BCUT2D eigenvalue weighted by Crippen LogP contribution is -2.47. The van der Waals surface area contributed by atoms with E-state index in [-0.39, 0.29) is 12.0 Å². The van der Waals surface area contributed by atoms with Gasteiger partial charge in [0, 0.05) is 18.4 Å². The zero-order chi connectivity index (χ0) is 20.6. The van der Waals surface area contributed by atoms with E-state index in [1.54, 1.807) is 0 Å². The molecule has 0 aromatic heterocycles. The molecule has 5 nitrogen and oxygen atoms in total. The quantitative estimate of drug-likeness (QED) is 0.173. The monoisotopic (exact) mass is 389 g/mol. The van der Waals surface area contributed by atoms with Crippen molar-refractivity contribution in [3.05, 3.63) is 12.2 Å². The number of rotatable bonds is 12. The number of nitrogens with one attached hydrogen (secondary N) is 1. The number of hydrogen-bond donors (Lipinski definition) is 2. The summed E-state index contributed by atoms with van der Waals surface area (Å²) in [7, 11) is 0. The SMILES string of the molecule is C=C(CC(=O)O)C(=O)OC(C)(CCCC(F)(F)C(F)(F)F)NCCCC. The highest BCUT2D eigenvalue weighted by molar-refractivity contribution is 5.93. The number of unbranched alkanes of at least 4 members (excludes halogenated alkanes) is 1. The van der Waals surface area contributed by atoms with Gasteiger partial charge in [-0.05, 0) is 26.3 Å². The summed E-state index contributed by atoms with van der Waals surface area (Å²) in [6.07, 6.45) is -7.22. The van der Waals surface area contributed by atoms with Crippen molar-refractivity contribution in [2.75, 3.05) is 6.54 Å². The van der Waals surface area contributed by atoms with Crippen molar-refractivity contribution < 1.29 is 41.4 Å². The van der Waals surface area contributed by atoms with Crippen LogP contribution in [0.1, 0.15) is 52.4 Å². The third kappa shape index (κ3) is 8.59. The first-order valence-corrected chi connectivity index (χ1v) is 8.06. The van der Waals surface area contributed by atoms with E-state index < -0.39 is 49.0 Å². The van der Waals surface area contributed by atoms with Gasteiger partial charge in [-0.15, -0.1) is 0 Å². The Balaban J connectivity index is 4.93. The van der Waals surface area contributed by atoms with Crippen LogP contribution in [-0.2, 0) is 14.3 Å². The number of ether oxygens (including phenoxy) is 1. The largest absolute Gasteiger partial charge is 0.481 e. The van der Waals surface area contributed by atoms with E-state index in [1.807, 2.05) is 6.92 Å². The van der Waals surface area contributed by atoms with Gasteiger partial charge in [-0.1, -0.05) is 19.9 Å². The fourth-order valence-corrected chi connectivity index (χ4v) is 2.03. The Morgan fingerprint density at radius 1 is 1.12 bits per heavy atom. The van der Waals surface area contributed by atoms with Crippen LogP contribution in [-0.4, -0.2) is 41.4 Å². The van der Waals surface area contributed by atoms with Gasteiger partial charge in [-0.2, -0.15) is 22.0 Å². The molecule has 0 aliphatic carbocycles. The van der Waals surface area contributed by atoms with Crippen molar-refractivity contribution in [3.8, 4) is 0 Å². The van der Waals surface area contributed by atoms with Gasteiger partial charge in [-0.3, -0.25) is 10.1 Å². The summed E-state index contributed by atoms with van der Waals surface area (Å²) in [4.78, 5) is 22.5. The number of carbonyl (C=O) groups is 2. The molecule has 0 fully saturated rings. The number of esters is 1. The molecule has 10 heteroatoms. The fraction of sp³-hybridized carbons (Fsp3) is 0.750. The summed E-state index contributed by atoms with van der Waals surface area (Å²) in [5, 5.41) is 11.4. The maximum Gasteiger partial charge on any atom is 0.453 e. The van der Waals surface area contributed by atoms with E-state index in [9.17, 15) is 31.5 Å². The van der Waals surface area contributed by atoms with Crippen molar-refractivity contribution in [1.82, 2.24) is 5.32 Å². The van der Waals surface area contributed by atoms with E-state index in [2.05, 4.69) is 11.9 Å². The topological polar surface area (TPSA) is 75.6 Å². The van der Waals surface area contributed by atoms with Crippen LogP contribution >= 0.6 is 0 Å². The average molecular weight is 389 g/mol. The molecule has 0 rings (SSSR count). The highest BCUT2D eigenvalue weighted by Crippen LogP contribution is 2.39. The Hall–Kier alpha value is -1.71. The van der Waals surface area contributed by atoms with Gasteiger partial charge in [0.25, 0.3) is 0 Å². The number of aliphatic carboxylic acids is 1. The third-order valence-corrected chi connectivity index (χ3v) is 3.56. The summed E-state index contributed by atoms with van der Waals surface area (Å²) in [5.41, 5.74) is -1.88. The van der Waals surface area contributed by atoms with E-state index in [4.69, 9.17) is 9.84 Å². The molecule has 0 aromatic rings. The van der Waals surface area contributed by atoms with Gasteiger partial charge in [0.05, 0.1) is 6.42 Å². The Morgan fingerprint density at radius 2 is 1.69 bits per heavy atom. The van der Waals surface area contributed by atoms with Crippen LogP contribution in [0, 0.1) is 0 Å². The Morgan fingerprint density at radius 3 is 2.15 bits per heavy atom. The van der Waals surface area contributed by atoms with Crippen LogP contribution in [0.3, 0.4) is 0 Å². The molecule has 152 valence electrons. The molecule has 0 aliphatic heterocycles. The lowest BCUT2D eigenvalue weighted by atomic mass is 10.0. The maximum absolute atomic E-state index is 13.0. The minimum absolute atomic E-state index is 0.311. The molecule has 0 saturated carbocycles. The second kappa shape index (κ2) is 9.84. The van der Waals surface area contributed by atoms with E-state index in [0.717, 1.165) is 6.42 Å². The van der Waals surface area contributed by atoms with Crippen LogP contribution in [0.2, 0.25) is 0 Å². The summed E-state index contributed by atoms with van der Waals surface area (Å²) in [6, 6.07) is 0. The lowest BCUT2D eigenvalue weighted by molar-refractivity contribution is -0.285. The van der Waals surface area contributed by atoms with Crippen molar-refractivity contribution in [3.63, 3.8) is 0 Å². The number of halogens is 5. The van der Waals surface area contributed by atoms with Gasteiger partial charge in [0.2, 0.25) is 0 Å². The lowest BCUT2D eigenvalue weighted by Gasteiger charge is -2.32. The predicted octanol–water partition coefficient (Wildman–Crippen LogP) is 4.03. The van der Waals surface area contributed by atoms with Gasteiger partial charge in [0.15, 0.2) is 5.72 Å². The van der Waals surface area contributed by atoms with Crippen LogP contribution in [0.15, 0.2) is 12.2 Å². The number of carboxylic acid groups (broad SMARTS) is 1.